The summed E-state index contributed by atoms with van der Waals surface area (Å²) in [6.07, 6.45) is 8.84. The molecule has 0 saturated heterocycles. The number of primary amides is 1. The second kappa shape index (κ2) is 8.73. The number of carbonyl (C=O) groups excluding carboxylic acids is 1. The van der Waals surface area contributed by atoms with Gasteiger partial charge in [-0.15, -0.1) is 0 Å². The summed E-state index contributed by atoms with van der Waals surface area (Å²) in [6.45, 7) is 4.74. The smallest absolute Gasteiger partial charge is 0.248 e. The monoisotopic (exact) mass is 261 g/mol. The van der Waals surface area contributed by atoms with Crippen molar-refractivity contribution in [1.29, 1.82) is 0 Å². The summed E-state index contributed by atoms with van der Waals surface area (Å²) in [5, 5.41) is 0. The highest BCUT2D eigenvalue weighted by Crippen LogP contribution is 2.32. The Morgan fingerprint density at radius 2 is 1.84 bits per heavy atom. The van der Waals surface area contributed by atoms with Crippen LogP contribution in [0.15, 0.2) is 30.3 Å². The van der Waals surface area contributed by atoms with Crippen molar-refractivity contribution in [3.05, 3.63) is 35.9 Å². The zero-order chi connectivity index (χ0) is 14.1. The Morgan fingerprint density at radius 3 is 2.32 bits per heavy atom. The molecule has 1 aromatic carbocycles. The summed E-state index contributed by atoms with van der Waals surface area (Å²) < 4.78 is 0. The third-order valence-corrected chi connectivity index (χ3v) is 4.01. The molecule has 106 valence electrons. The zero-order valence-corrected chi connectivity index (χ0v) is 12.3. The van der Waals surface area contributed by atoms with Crippen LogP contribution in [0.4, 0.5) is 0 Å². The summed E-state index contributed by atoms with van der Waals surface area (Å²) in [6, 6.07) is 8.76. The number of hydrogen-bond donors (Lipinski definition) is 1. The molecule has 0 spiro atoms. The second-order valence-corrected chi connectivity index (χ2v) is 5.54. The van der Waals surface area contributed by atoms with Crippen molar-refractivity contribution in [2.75, 3.05) is 0 Å². The summed E-state index contributed by atoms with van der Waals surface area (Å²) in [5.74, 6) is 1.71. The third-order valence-electron chi connectivity index (χ3n) is 4.01. The molecule has 0 aromatic heterocycles. The van der Waals surface area contributed by atoms with Gasteiger partial charge < -0.3 is 5.73 Å². The van der Waals surface area contributed by atoms with Gasteiger partial charge in [-0.1, -0.05) is 70.6 Å². The van der Waals surface area contributed by atoms with Crippen LogP contribution in [0.3, 0.4) is 0 Å². The van der Waals surface area contributed by atoms with E-state index in [0.29, 0.717) is 5.56 Å². The van der Waals surface area contributed by atoms with Gasteiger partial charge in [0.05, 0.1) is 0 Å². The van der Waals surface area contributed by atoms with Gasteiger partial charge >= 0.3 is 0 Å². The highest BCUT2D eigenvalue weighted by Gasteiger charge is 2.19. The first-order valence-corrected chi connectivity index (χ1v) is 7.50. The predicted molar refractivity (Wildman–Crippen MR) is 81.0 cm³/mol. The number of nitrogens with two attached hydrogens (primary N) is 1. The number of benzene rings is 1. The minimum absolute atomic E-state index is 0.379. The lowest BCUT2D eigenvalue weighted by Crippen LogP contribution is -2.15. The van der Waals surface area contributed by atoms with E-state index >= 15 is 0 Å². The normalized spacial score (nSPS) is 22.2. The van der Waals surface area contributed by atoms with E-state index in [1.807, 2.05) is 6.07 Å². The SMILES string of the molecule is CCCC1CCCCC1C.NC(=O)c1ccccc1. The van der Waals surface area contributed by atoms with Gasteiger partial charge in [0.1, 0.15) is 0 Å². The largest absolute Gasteiger partial charge is 0.366 e. The highest BCUT2D eigenvalue weighted by atomic mass is 16.1. The van der Waals surface area contributed by atoms with Crippen LogP contribution in [-0.2, 0) is 0 Å². The van der Waals surface area contributed by atoms with Crippen molar-refractivity contribution in [1.82, 2.24) is 0 Å². The Bertz CT molecular complexity index is 359. The number of amides is 1. The average molecular weight is 261 g/mol. The summed E-state index contributed by atoms with van der Waals surface area (Å²) in [5.41, 5.74) is 5.53. The average Bonchev–Trinajstić information content (AvgIpc) is 2.43. The van der Waals surface area contributed by atoms with Crippen molar-refractivity contribution in [2.24, 2.45) is 17.6 Å². The van der Waals surface area contributed by atoms with Crippen molar-refractivity contribution in [3.63, 3.8) is 0 Å². The van der Waals surface area contributed by atoms with Crippen molar-refractivity contribution < 1.29 is 4.79 Å². The first kappa shape index (κ1) is 15.7. The Hall–Kier alpha value is -1.31. The molecule has 1 aliphatic rings. The first-order valence-electron chi connectivity index (χ1n) is 7.50. The summed E-state index contributed by atoms with van der Waals surface area (Å²) in [4.78, 5) is 10.4. The van der Waals surface area contributed by atoms with E-state index in [2.05, 4.69) is 13.8 Å². The maximum absolute atomic E-state index is 10.4. The van der Waals surface area contributed by atoms with Gasteiger partial charge in [0.2, 0.25) is 5.91 Å². The fourth-order valence-corrected chi connectivity index (χ4v) is 2.80. The molecule has 0 aliphatic heterocycles. The number of rotatable bonds is 3. The van der Waals surface area contributed by atoms with Crippen LogP contribution in [0.1, 0.15) is 62.7 Å². The molecule has 1 amide bonds. The number of hydrogen-bond acceptors (Lipinski definition) is 1. The van der Waals surface area contributed by atoms with Crippen molar-refractivity contribution in [2.45, 2.75) is 52.4 Å². The molecule has 0 heterocycles. The van der Waals surface area contributed by atoms with Crippen molar-refractivity contribution in [3.8, 4) is 0 Å². The lowest BCUT2D eigenvalue weighted by molar-refractivity contribution is 0.100. The Balaban J connectivity index is 0.000000191. The molecule has 2 nitrogen and oxygen atoms in total. The molecule has 2 unspecified atom stereocenters. The highest BCUT2D eigenvalue weighted by molar-refractivity contribution is 5.92. The van der Waals surface area contributed by atoms with Crippen LogP contribution >= 0.6 is 0 Å². The topological polar surface area (TPSA) is 43.1 Å². The first-order chi connectivity index (χ1) is 9.15. The van der Waals surface area contributed by atoms with E-state index in [-0.39, 0.29) is 5.91 Å². The molecule has 2 atom stereocenters. The van der Waals surface area contributed by atoms with Gasteiger partial charge in [-0.2, -0.15) is 0 Å². The van der Waals surface area contributed by atoms with Crippen LogP contribution in [0.5, 0.6) is 0 Å². The minimum Gasteiger partial charge on any atom is -0.366 e. The van der Waals surface area contributed by atoms with E-state index in [4.69, 9.17) is 5.73 Å². The summed E-state index contributed by atoms with van der Waals surface area (Å²) in [7, 11) is 0. The molecule has 2 rings (SSSR count). The Labute approximate surface area is 117 Å². The van der Waals surface area contributed by atoms with Crippen LogP contribution in [0.25, 0.3) is 0 Å². The molecular formula is C17H27NO. The van der Waals surface area contributed by atoms with Crippen LogP contribution < -0.4 is 5.73 Å². The van der Waals surface area contributed by atoms with E-state index in [9.17, 15) is 4.79 Å². The molecular weight excluding hydrogens is 234 g/mol. The predicted octanol–water partition coefficient (Wildman–Crippen LogP) is 4.40. The van der Waals surface area contributed by atoms with Crippen molar-refractivity contribution >= 4 is 5.91 Å². The van der Waals surface area contributed by atoms with Crippen LogP contribution in [-0.4, -0.2) is 5.91 Å². The second-order valence-electron chi connectivity index (χ2n) is 5.54. The lowest BCUT2D eigenvalue weighted by atomic mass is 9.78. The number of carbonyl (C=O) groups is 1. The van der Waals surface area contributed by atoms with Gasteiger partial charge in [-0.3, -0.25) is 4.79 Å². The quantitative estimate of drug-likeness (QED) is 0.861. The fraction of sp³-hybridized carbons (Fsp3) is 0.588. The van der Waals surface area contributed by atoms with Crippen LogP contribution in [0, 0.1) is 11.8 Å². The molecule has 2 heteroatoms. The third kappa shape index (κ3) is 5.91. The van der Waals surface area contributed by atoms with Gasteiger partial charge in [0.25, 0.3) is 0 Å². The van der Waals surface area contributed by atoms with Gasteiger partial charge in [0, 0.05) is 5.56 Å². The molecule has 2 N–H and O–H groups in total. The molecule has 1 fully saturated rings. The standard InChI is InChI=1S/C10H20.C7H7NO/c1-3-6-10-8-5-4-7-9(10)2;8-7(9)6-4-2-1-3-5-6/h9-10H,3-8H2,1-2H3;1-5H,(H2,8,9). The molecule has 0 bridgehead atoms. The maximum atomic E-state index is 10.4. The van der Waals surface area contributed by atoms with E-state index < -0.39 is 0 Å². The minimum atomic E-state index is -0.379. The molecule has 0 radical (unpaired) electrons. The Kier molecular flexibility index (Phi) is 7.24. The van der Waals surface area contributed by atoms with E-state index in [1.54, 1.807) is 24.3 Å². The van der Waals surface area contributed by atoms with E-state index in [1.165, 1.54) is 38.5 Å². The molecule has 1 aromatic rings. The van der Waals surface area contributed by atoms with Gasteiger partial charge in [-0.25, -0.2) is 0 Å². The zero-order valence-electron chi connectivity index (χ0n) is 12.3. The molecule has 1 saturated carbocycles. The Morgan fingerprint density at radius 1 is 1.21 bits per heavy atom. The fourth-order valence-electron chi connectivity index (χ4n) is 2.80. The molecule has 1 aliphatic carbocycles. The maximum Gasteiger partial charge on any atom is 0.248 e. The lowest BCUT2D eigenvalue weighted by Gasteiger charge is -2.28. The molecule has 19 heavy (non-hydrogen) atoms. The van der Waals surface area contributed by atoms with Gasteiger partial charge in [0.15, 0.2) is 0 Å². The van der Waals surface area contributed by atoms with Crippen LogP contribution in [0.2, 0.25) is 0 Å². The van der Waals surface area contributed by atoms with E-state index in [0.717, 1.165) is 11.8 Å². The van der Waals surface area contributed by atoms with Gasteiger partial charge in [-0.05, 0) is 24.0 Å². The summed E-state index contributed by atoms with van der Waals surface area (Å²) >= 11 is 0.